The van der Waals surface area contributed by atoms with Crippen molar-refractivity contribution in [2.45, 2.75) is 18.9 Å². The molecule has 78 valence electrons. The van der Waals surface area contributed by atoms with Crippen molar-refractivity contribution >= 4 is 15.9 Å². The fraction of sp³-hybridized carbons (Fsp3) is 0.375. The summed E-state index contributed by atoms with van der Waals surface area (Å²) in [6.45, 7) is 1.31. The topological polar surface area (TPSA) is 100 Å². The maximum absolute atomic E-state index is 11.0. The van der Waals surface area contributed by atoms with Crippen molar-refractivity contribution in [2.24, 2.45) is 5.73 Å². The van der Waals surface area contributed by atoms with Gasteiger partial charge >= 0.3 is 51.4 Å². The summed E-state index contributed by atoms with van der Waals surface area (Å²) >= 11 is 0. The monoisotopic (exact) mass is 255 g/mol. The molecule has 0 aromatic carbocycles. The summed E-state index contributed by atoms with van der Waals surface area (Å²) in [5, 5.41) is 0. The van der Waals surface area contributed by atoms with E-state index in [1.54, 1.807) is 0 Å². The van der Waals surface area contributed by atoms with Crippen LogP contribution in [0.4, 0.5) is 0 Å². The summed E-state index contributed by atoms with van der Waals surface area (Å²) in [4.78, 5) is 10.7. The van der Waals surface area contributed by atoms with Crippen molar-refractivity contribution in [2.75, 3.05) is 0 Å². The molecule has 0 spiro atoms. The maximum Gasteiger partial charge on any atom is 1.00 e. The molecule has 7 heteroatoms. The SMILES string of the molecule is CC(=O)C1(N)C=CC(S(=O)(=O)[O-])=CC1.[K+]. The van der Waals surface area contributed by atoms with Crippen LogP contribution in [0.25, 0.3) is 0 Å². The van der Waals surface area contributed by atoms with Crippen LogP contribution in [0.2, 0.25) is 0 Å². The third-order valence-corrected chi connectivity index (χ3v) is 3.01. The minimum Gasteiger partial charge on any atom is -0.744 e. The first-order valence-electron chi connectivity index (χ1n) is 3.91. The van der Waals surface area contributed by atoms with Crippen LogP contribution in [0.1, 0.15) is 13.3 Å². The first-order chi connectivity index (χ1) is 6.26. The molecule has 0 saturated carbocycles. The van der Waals surface area contributed by atoms with E-state index in [1.807, 2.05) is 0 Å². The predicted molar refractivity (Wildman–Crippen MR) is 49.1 cm³/mol. The van der Waals surface area contributed by atoms with Crippen molar-refractivity contribution in [1.82, 2.24) is 0 Å². The summed E-state index contributed by atoms with van der Waals surface area (Å²) in [7, 11) is -4.44. The van der Waals surface area contributed by atoms with E-state index < -0.39 is 15.7 Å². The summed E-state index contributed by atoms with van der Waals surface area (Å²) in [6, 6.07) is 0. The third-order valence-electron chi connectivity index (χ3n) is 2.13. The number of carbonyl (C=O) groups is 1. The number of carbonyl (C=O) groups excluding carboxylic acids is 1. The standard InChI is InChI=1S/C8H11NO4S.K/c1-6(10)8(9)4-2-7(3-5-8)14(11,12)13;/h2-4H,5,9H2,1H3,(H,11,12,13);/q;+1/p-1. The van der Waals surface area contributed by atoms with Crippen LogP contribution >= 0.6 is 0 Å². The van der Waals surface area contributed by atoms with Crippen LogP contribution in [0.15, 0.2) is 23.1 Å². The van der Waals surface area contributed by atoms with Gasteiger partial charge in [-0.25, -0.2) is 8.42 Å². The fourth-order valence-electron chi connectivity index (χ4n) is 1.08. The first kappa shape index (κ1) is 15.7. The molecule has 1 rings (SSSR count). The largest absolute Gasteiger partial charge is 1.00 e. The van der Waals surface area contributed by atoms with Gasteiger partial charge in [-0.2, -0.15) is 0 Å². The Morgan fingerprint density at radius 1 is 1.60 bits per heavy atom. The van der Waals surface area contributed by atoms with Gasteiger partial charge in [0.1, 0.15) is 10.1 Å². The van der Waals surface area contributed by atoms with E-state index in [0.29, 0.717) is 0 Å². The Labute approximate surface area is 131 Å². The molecule has 0 amide bonds. The molecule has 0 saturated heterocycles. The van der Waals surface area contributed by atoms with Crippen molar-refractivity contribution in [3.05, 3.63) is 23.1 Å². The Hall–Kier alpha value is 0.656. The Morgan fingerprint density at radius 2 is 2.13 bits per heavy atom. The molecule has 2 N–H and O–H groups in total. The van der Waals surface area contributed by atoms with Gasteiger partial charge in [-0.3, -0.25) is 4.79 Å². The number of rotatable bonds is 2. The number of hydrogen-bond donors (Lipinski definition) is 1. The zero-order valence-electron chi connectivity index (χ0n) is 8.56. The Kier molecular flexibility index (Phi) is 5.56. The Balaban J connectivity index is 0.00000196. The second-order valence-electron chi connectivity index (χ2n) is 3.19. The molecular weight excluding hydrogens is 245 g/mol. The fourth-order valence-corrected chi connectivity index (χ4v) is 1.61. The summed E-state index contributed by atoms with van der Waals surface area (Å²) in [5.41, 5.74) is 4.46. The number of nitrogens with two attached hydrogens (primary N) is 1. The number of Topliss-reactive ketones (excluding diaryl/α,β-unsaturated/α-hetero) is 1. The van der Waals surface area contributed by atoms with Crippen LogP contribution in [0, 0.1) is 0 Å². The van der Waals surface area contributed by atoms with Gasteiger partial charge in [0.25, 0.3) is 0 Å². The van der Waals surface area contributed by atoms with Crippen LogP contribution in [0.5, 0.6) is 0 Å². The Morgan fingerprint density at radius 3 is 2.40 bits per heavy atom. The molecule has 1 aliphatic carbocycles. The van der Waals surface area contributed by atoms with Crippen molar-refractivity contribution in [1.29, 1.82) is 0 Å². The van der Waals surface area contributed by atoms with Gasteiger partial charge in [0.2, 0.25) is 0 Å². The predicted octanol–water partition coefficient (Wildman–Crippen LogP) is -3.33. The van der Waals surface area contributed by atoms with E-state index >= 15 is 0 Å². The van der Waals surface area contributed by atoms with E-state index in [1.165, 1.54) is 19.1 Å². The van der Waals surface area contributed by atoms with Crippen molar-refractivity contribution in [3.8, 4) is 0 Å². The molecule has 0 radical (unpaired) electrons. The van der Waals surface area contributed by atoms with Crippen molar-refractivity contribution in [3.63, 3.8) is 0 Å². The van der Waals surface area contributed by atoms with E-state index in [4.69, 9.17) is 5.73 Å². The van der Waals surface area contributed by atoms with Crippen molar-refractivity contribution < 1.29 is 69.1 Å². The first-order valence-corrected chi connectivity index (χ1v) is 5.32. The molecule has 0 aromatic rings. The smallest absolute Gasteiger partial charge is 0.744 e. The van der Waals surface area contributed by atoms with Gasteiger partial charge in [0.05, 0.1) is 10.4 Å². The molecule has 0 aromatic heterocycles. The second kappa shape index (κ2) is 5.32. The quantitative estimate of drug-likeness (QED) is 0.411. The number of hydrogen-bond acceptors (Lipinski definition) is 5. The summed E-state index contributed by atoms with van der Waals surface area (Å²) in [6.07, 6.45) is 3.53. The van der Waals surface area contributed by atoms with Crippen LogP contribution in [-0.4, -0.2) is 24.3 Å². The number of allylic oxidation sites excluding steroid dienone is 1. The zero-order chi connectivity index (χ0) is 11.0. The second-order valence-corrected chi connectivity index (χ2v) is 4.57. The molecule has 0 fully saturated rings. The molecule has 1 aliphatic rings. The number of ketones is 1. The van der Waals surface area contributed by atoms with Gasteiger partial charge in [-0.15, -0.1) is 0 Å². The van der Waals surface area contributed by atoms with E-state index in [0.717, 1.165) is 6.08 Å². The maximum atomic E-state index is 11.0. The molecule has 0 aliphatic heterocycles. The Bertz CT molecular complexity index is 426. The van der Waals surface area contributed by atoms with Crippen LogP contribution in [0.3, 0.4) is 0 Å². The van der Waals surface area contributed by atoms with Crippen LogP contribution in [-0.2, 0) is 14.9 Å². The third kappa shape index (κ3) is 3.86. The summed E-state index contributed by atoms with van der Waals surface area (Å²) in [5.74, 6) is -0.271. The molecule has 0 bridgehead atoms. The van der Waals surface area contributed by atoms with Crippen LogP contribution < -0.4 is 57.1 Å². The van der Waals surface area contributed by atoms with Gasteiger partial charge in [-0.1, -0.05) is 12.2 Å². The normalized spacial score (nSPS) is 25.4. The van der Waals surface area contributed by atoms with Gasteiger partial charge in [0, 0.05) is 0 Å². The molecule has 1 atom stereocenters. The molecule has 0 heterocycles. The summed E-state index contributed by atoms with van der Waals surface area (Å²) < 4.78 is 31.7. The molecule has 15 heavy (non-hydrogen) atoms. The van der Waals surface area contributed by atoms with E-state index in [2.05, 4.69) is 0 Å². The van der Waals surface area contributed by atoms with E-state index in [9.17, 15) is 17.8 Å². The van der Waals surface area contributed by atoms with E-state index in [-0.39, 0.29) is 68.5 Å². The average molecular weight is 255 g/mol. The van der Waals surface area contributed by atoms with Gasteiger partial charge in [-0.05, 0) is 19.4 Å². The zero-order valence-corrected chi connectivity index (χ0v) is 12.5. The van der Waals surface area contributed by atoms with Gasteiger partial charge < -0.3 is 10.3 Å². The van der Waals surface area contributed by atoms with Gasteiger partial charge in [0.15, 0.2) is 5.78 Å². The molecule has 1 unspecified atom stereocenters. The molecular formula is C8H10KNO4S. The minimum absolute atomic E-state index is 0. The average Bonchev–Trinajstić information content (AvgIpc) is 2.03. The molecule has 5 nitrogen and oxygen atoms in total. The minimum atomic E-state index is -4.44.